The molecular weight excluding hydrogens is 200 g/mol. The molecule has 0 aliphatic heterocycles. The van der Waals surface area contributed by atoms with Gasteiger partial charge in [-0.3, -0.25) is 0 Å². The third-order valence-corrected chi connectivity index (χ3v) is 2.37. The van der Waals surface area contributed by atoms with Gasteiger partial charge in [-0.15, -0.1) is 12.3 Å². The molecule has 0 heterocycles. The van der Waals surface area contributed by atoms with Crippen LogP contribution in [0.25, 0.3) is 0 Å². The standard InChI is InChI=1S/C14H26O2/c1-3-5-6-7-8-9-10-11-13-16-14-15-12-4-2/h1H,4-14H2,2H3. The maximum absolute atomic E-state index is 5.33. The zero-order valence-corrected chi connectivity index (χ0v) is 10.7. The predicted octanol–water partition coefficient (Wildman–Crippen LogP) is 3.75. The van der Waals surface area contributed by atoms with E-state index >= 15 is 0 Å². The van der Waals surface area contributed by atoms with E-state index in [2.05, 4.69) is 12.8 Å². The first-order valence-corrected chi connectivity index (χ1v) is 6.50. The molecule has 0 atom stereocenters. The van der Waals surface area contributed by atoms with Gasteiger partial charge in [0.05, 0.1) is 0 Å². The highest BCUT2D eigenvalue weighted by Crippen LogP contribution is 2.06. The maximum Gasteiger partial charge on any atom is 0.146 e. The third-order valence-electron chi connectivity index (χ3n) is 2.37. The van der Waals surface area contributed by atoms with Gasteiger partial charge in [0.1, 0.15) is 6.79 Å². The van der Waals surface area contributed by atoms with Crippen LogP contribution in [0.3, 0.4) is 0 Å². The molecule has 0 aromatic carbocycles. The van der Waals surface area contributed by atoms with Crippen molar-refractivity contribution < 1.29 is 9.47 Å². The lowest BCUT2D eigenvalue weighted by Crippen LogP contribution is -2.02. The minimum atomic E-state index is 0.454. The summed E-state index contributed by atoms with van der Waals surface area (Å²) in [7, 11) is 0. The number of hydrogen-bond donors (Lipinski definition) is 0. The van der Waals surface area contributed by atoms with Crippen molar-refractivity contribution in [3.63, 3.8) is 0 Å². The molecule has 0 bridgehead atoms. The Balaban J connectivity index is 2.86. The van der Waals surface area contributed by atoms with Crippen molar-refractivity contribution in [2.24, 2.45) is 0 Å². The molecule has 16 heavy (non-hydrogen) atoms. The Hall–Kier alpha value is -0.520. The van der Waals surface area contributed by atoms with Gasteiger partial charge in [-0.2, -0.15) is 0 Å². The topological polar surface area (TPSA) is 18.5 Å². The molecule has 0 aromatic rings. The quantitative estimate of drug-likeness (QED) is 0.287. The minimum Gasteiger partial charge on any atom is -0.355 e. The van der Waals surface area contributed by atoms with Crippen molar-refractivity contribution in [3.05, 3.63) is 0 Å². The summed E-state index contributed by atoms with van der Waals surface area (Å²) in [5.74, 6) is 2.67. The van der Waals surface area contributed by atoms with Crippen LogP contribution in [0.1, 0.15) is 58.3 Å². The molecule has 0 spiro atoms. The number of unbranched alkanes of at least 4 members (excludes halogenated alkanes) is 6. The summed E-state index contributed by atoms with van der Waals surface area (Å²) >= 11 is 0. The van der Waals surface area contributed by atoms with Gasteiger partial charge in [-0.05, 0) is 19.3 Å². The molecule has 0 aliphatic rings. The molecule has 0 saturated carbocycles. The van der Waals surface area contributed by atoms with Crippen LogP contribution in [-0.4, -0.2) is 20.0 Å². The van der Waals surface area contributed by atoms with Crippen LogP contribution in [0.2, 0.25) is 0 Å². The highest BCUT2D eigenvalue weighted by Gasteiger charge is 1.92. The first kappa shape index (κ1) is 15.5. The zero-order valence-electron chi connectivity index (χ0n) is 10.7. The van der Waals surface area contributed by atoms with Gasteiger partial charge in [0, 0.05) is 19.6 Å². The lowest BCUT2D eigenvalue weighted by molar-refractivity contribution is -0.0543. The van der Waals surface area contributed by atoms with E-state index in [1.54, 1.807) is 0 Å². The normalized spacial score (nSPS) is 10.2. The summed E-state index contributed by atoms with van der Waals surface area (Å²) in [5, 5.41) is 0. The zero-order chi connectivity index (χ0) is 11.9. The fraction of sp³-hybridized carbons (Fsp3) is 0.857. The van der Waals surface area contributed by atoms with Gasteiger partial charge in [0.2, 0.25) is 0 Å². The number of ether oxygens (including phenoxy) is 2. The lowest BCUT2D eigenvalue weighted by atomic mass is 10.1. The average Bonchev–Trinajstić information content (AvgIpc) is 2.31. The number of rotatable bonds is 12. The molecule has 0 N–H and O–H groups in total. The van der Waals surface area contributed by atoms with E-state index in [9.17, 15) is 0 Å². The molecule has 0 rings (SSSR count). The van der Waals surface area contributed by atoms with Crippen molar-refractivity contribution in [1.82, 2.24) is 0 Å². The molecule has 0 aromatic heterocycles. The fourth-order valence-corrected chi connectivity index (χ4v) is 1.46. The van der Waals surface area contributed by atoms with E-state index in [0.717, 1.165) is 32.5 Å². The van der Waals surface area contributed by atoms with Crippen LogP contribution in [0.15, 0.2) is 0 Å². The monoisotopic (exact) mass is 226 g/mol. The van der Waals surface area contributed by atoms with Crippen LogP contribution in [0.4, 0.5) is 0 Å². The van der Waals surface area contributed by atoms with Crippen LogP contribution in [-0.2, 0) is 9.47 Å². The second kappa shape index (κ2) is 14.5. The van der Waals surface area contributed by atoms with Crippen LogP contribution in [0.5, 0.6) is 0 Å². The minimum absolute atomic E-state index is 0.454. The first-order chi connectivity index (χ1) is 7.91. The molecule has 0 amide bonds. The Labute approximate surface area is 101 Å². The van der Waals surface area contributed by atoms with E-state index in [0.29, 0.717) is 6.79 Å². The fourth-order valence-electron chi connectivity index (χ4n) is 1.46. The summed E-state index contributed by atoms with van der Waals surface area (Å²) in [4.78, 5) is 0. The Morgan fingerprint density at radius 1 is 0.875 bits per heavy atom. The van der Waals surface area contributed by atoms with Gasteiger partial charge in [0.15, 0.2) is 0 Å². The molecule has 0 aliphatic carbocycles. The molecule has 0 unspecified atom stereocenters. The van der Waals surface area contributed by atoms with Gasteiger partial charge < -0.3 is 9.47 Å². The van der Waals surface area contributed by atoms with Crippen molar-refractivity contribution >= 4 is 0 Å². The highest BCUT2D eigenvalue weighted by atomic mass is 16.7. The second-order valence-corrected chi connectivity index (χ2v) is 4.01. The Kier molecular flexibility index (Phi) is 14.0. The van der Waals surface area contributed by atoms with Gasteiger partial charge in [-0.1, -0.05) is 32.6 Å². The van der Waals surface area contributed by atoms with Crippen LogP contribution >= 0.6 is 0 Å². The maximum atomic E-state index is 5.33. The van der Waals surface area contributed by atoms with Crippen LogP contribution < -0.4 is 0 Å². The predicted molar refractivity (Wildman–Crippen MR) is 68.2 cm³/mol. The molecular formula is C14H26O2. The van der Waals surface area contributed by atoms with Crippen LogP contribution in [0, 0.1) is 12.3 Å². The summed E-state index contributed by atoms with van der Waals surface area (Å²) in [6.45, 7) is 4.18. The van der Waals surface area contributed by atoms with E-state index in [1.807, 2.05) is 0 Å². The van der Waals surface area contributed by atoms with E-state index in [-0.39, 0.29) is 0 Å². The molecule has 94 valence electrons. The average molecular weight is 226 g/mol. The molecule has 2 heteroatoms. The molecule has 0 radical (unpaired) electrons. The van der Waals surface area contributed by atoms with Crippen molar-refractivity contribution in [3.8, 4) is 12.3 Å². The van der Waals surface area contributed by atoms with Crippen molar-refractivity contribution in [2.75, 3.05) is 20.0 Å². The summed E-state index contributed by atoms with van der Waals surface area (Å²) in [5.41, 5.74) is 0. The van der Waals surface area contributed by atoms with E-state index in [1.165, 1.54) is 32.1 Å². The summed E-state index contributed by atoms with van der Waals surface area (Å²) in [6, 6.07) is 0. The smallest absolute Gasteiger partial charge is 0.146 e. The molecule has 0 fully saturated rings. The highest BCUT2D eigenvalue weighted by molar-refractivity contribution is 4.82. The van der Waals surface area contributed by atoms with Crippen molar-refractivity contribution in [2.45, 2.75) is 58.3 Å². The largest absolute Gasteiger partial charge is 0.355 e. The first-order valence-electron chi connectivity index (χ1n) is 6.50. The number of terminal acetylenes is 1. The van der Waals surface area contributed by atoms with Gasteiger partial charge in [0.25, 0.3) is 0 Å². The van der Waals surface area contributed by atoms with Gasteiger partial charge in [-0.25, -0.2) is 0 Å². The second-order valence-electron chi connectivity index (χ2n) is 4.01. The SMILES string of the molecule is C#CCCCCCCCCOCOCCC. The Morgan fingerprint density at radius 3 is 2.19 bits per heavy atom. The summed E-state index contributed by atoms with van der Waals surface area (Å²) < 4.78 is 10.5. The van der Waals surface area contributed by atoms with Crippen molar-refractivity contribution in [1.29, 1.82) is 0 Å². The molecule has 0 saturated heterocycles. The van der Waals surface area contributed by atoms with E-state index < -0.39 is 0 Å². The number of hydrogen-bond acceptors (Lipinski definition) is 2. The van der Waals surface area contributed by atoms with E-state index in [4.69, 9.17) is 15.9 Å². The third kappa shape index (κ3) is 13.5. The Morgan fingerprint density at radius 2 is 1.50 bits per heavy atom. The van der Waals surface area contributed by atoms with Gasteiger partial charge >= 0.3 is 0 Å². The Bertz CT molecular complexity index is 161. The summed E-state index contributed by atoms with van der Waals surface area (Å²) in [6.07, 6.45) is 14.6. The lowest BCUT2D eigenvalue weighted by Gasteiger charge is -2.04. The molecule has 2 nitrogen and oxygen atoms in total.